The van der Waals surface area contributed by atoms with Crippen molar-refractivity contribution in [3.8, 4) is 17.3 Å². The molecule has 0 amide bonds. The second-order valence-electron chi connectivity index (χ2n) is 4.07. The largest absolute Gasteiger partial charge is 0.232 e. The summed E-state index contributed by atoms with van der Waals surface area (Å²) in [6.45, 7) is 4.34. The quantitative estimate of drug-likeness (QED) is 0.787. The first-order valence-corrected chi connectivity index (χ1v) is 6.57. The van der Waals surface area contributed by atoms with Crippen LogP contribution in [0.2, 0.25) is 0 Å². The van der Waals surface area contributed by atoms with Crippen LogP contribution in [0.4, 0.5) is 0 Å². The highest BCUT2D eigenvalue weighted by Gasteiger charge is 2.03. The SMILES string of the molecule is CC(C)Sc1ccc(-c2ccnc(C#N)n2)cc1. The predicted octanol–water partition coefficient (Wildman–Crippen LogP) is 3.52. The summed E-state index contributed by atoms with van der Waals surface area (Å²) in [4.78, 5) is 9.28. The molecule has 0 unspecified atom stereocenters. The van der Waals surface area contributed by atoms with Crippen molar-refractivity contribution in [3.05, 3.63) is 42.4 Å². The zero-order valence-corrected chi connectivity index (χ0v) is 11.1. The molecule has 0 saturated carbocycles. The van der Waals surface area contributed by atoms with E-state index in [4.69, 9.17) is 5.26 Å². The van der Waals surface area contributed by atoms with Crippen LogP contribution in [0.15, 0.2) is 41.4 Å². The summed E-state index contributed by atoms with van der Waals surface area (Å²) < 4.78 is 0. The van der Waals surface area contributed by atoms with Crippen molar-refractivity contribution in [2.75, 3.05) is 0 Å². The topological polar surface area (TPSA) is 49.6 Å². The molecular formula is C14H13N3S. The van der Waals surface area contributed by atoms with E-state index in [2.05, 4.69) is 35.9 Å². The molecule has 90 valence electrons. The molecule has 0 N–H and O–H groups in total. The van der Waals surface area contributed by atoms with E-state index in [0.717, 1.165) is 11.3 Å². The van der Waals surface area contributed by atoms with E-state index in [1.54, 1.807) is 6.20 Å². The molecule has 1 aromatic heterocycles. The van der Waals surface area contributed by atoms with Crippen LogP contribution in [0.1, 0.15) is 19.7 Å². The monoisotopic (exact) mass is 255 g/mol. The van der Waals surface area contributed by atoms with Gasteiger partial charge in [0.1, 0.15) is 6.07 Å². The Balaban J connectivity index is 2.26. The maximum absolute atomic E-state index is 8.77. The molecule has 0 radical (unpaired) electrons. The Hall–Kier alpha value is -1.86. The Morgan fingerprint density at radius 3 is 2.50 bits per heavy atom. The summed E-state index contributed by atoms with van der Waals surface area (Å²) in [5, 5.41) is 9.34. The summed E-state index contributed by atoms with van der Waals surface area (Å²) in [5.41, 5.74) is 1.78. The van der Waals surface area contributed by atoms with E-state index < -0.39 is 0 Å². The van der Waals surface area contributed by atoms with Gasteiger partial charge in [-0.15, -0.1) is 11.8 Å². The summed E-state index contributed by atoms with van der Waals surface area (Å²) in [5.74, 6) is 0.202. The number of hydrogen-bond acceptors (Lipinski definition) is 4. The summed E-state index contributed by atoms with van der Waals surface area (Å²) in [7, 11) is 0. The first-order chi connectivity index (χ1) is 8.69. The van der Waals surface area contributed by atoms with E-state index in [1.807, 2.05) is 36.0 Å². The van der Waals surface area contributed by atoms with Crippen molar-refractivity contribution in [1.82, 2.24) is 9.97 Å². The molecule has 0 aliphatic rings. The Morgan fingerprint density at radius 2 is 1.89 bits per heavy atom. The summed E-state index contributed by atoms with van der Waals surface area (Å²) in [6.07, 6.45) is 1.61. The molecule has 4 heteroatoms. The van der Waals surface area contributed by atoms with Gasteiger partial charge >= 0.3 is 0 Å². The number of rotatable bonds is 3. The number of aromatic nitrogens is 2. The van der Waals surface area contributed by atoms with Gasteiger partial charge in [-0.05, 0) is 18.2 Å². The van der Waals surface area contributed by atoms with E-state index in [9.17, 15) is 0 Å². The molecular weight excluding hydrogens is 242 g/mol. The lowest BCUT2D eigenvalue weighted by Crippen LogP contribution is -1.91. The first kappa shape index (κ1) is 12.6. The maximum atomic E-state index is 8.77. The van der Waals surface area contributed by atoms with Gasteiger partial charge in [0, 0.05) is 21.9 Å². The molecule has 0 spiro atoms. The third-order valence-corrected chi connectivity index (χ3v) is 3.29. The average Bonchev–Trinajstić information content (AvgIpc) is 2.39. The summed E-state index contributed by atoms with van der Waals surface area (Å²) >= 11 is 1.82. The minimum Gasteiger partial charge on any atom is -0.227 e. The maximum Gasteiger partial charge on any atom is 0.232 e. The van der Waals surface area contributed by atoms with E-state index in [-0.39, 0.29) is 5.82 Å². The standard InChI is InChI=1S/C14H13N3S/c1-10(2)18-12-5-3-11(4-6-12)13-7-8-16-14(9-15)17-13/h3-8,10H,1-2H3. The lowest BCUT2D eigenvalue weighted by Gasteiger charge is -2.06. The van der Waals surface area contributed by atoms with Gasteiger partial charge < -0.3 is 0 Å². The molecule has 0 saturated heterocycles. The van der Waals surface area contributed by atoms with E-state index in [0.29, 0.717) is 5.25 Å². The zero-order valence-electron chi connectivity index (χ0n) is 10.3. The lowest BCUT2D eigenvalue weighted by atomic mass is 10.1. The second kappa shape index (κ2) is 5.65. The Labute approximate surface area is 111 Å². The predicted molar refractivity (Wildman–Crippen MR) is 73.2 cm³/mol. The van der Waals surface area contributed by atoms with Crippen LogP contribution < -0.4 is 0 Å². The molecule has 0 fully saturated rings. The van der Waals surface area contributed by atoms with E-state index >= 15 is 0 Å². The fraction of sp³-hybridized carbons (Fsp3) is 0.214. The van der Waals surface area contributed by atoms with Gasteiger partial charge in [-0.1, -0.05) is 26.0 Å². The van der Waals surface area contributed by atoms with Crippen LogP contribution in [-0.2, 0) is 0 Å². The van der Waals surface area contributed by atoms with Crippen molar-refractivity contribution < 1.29 is 0 Å². The van der Waals surface area contributed by atoms with Crippen molar-refractivity contribution in [1.29, 1.82) is 5.26 Å². The Bertz CT molecular complexity index is 570. The van der Waals surface area contributed by atoms with Gasteiger partial charge in [0.05, 0.1) is 5.69 Å². The van der Waals surface area contributed by atoms with Crippen LogP contribution in [0.5, 0.6) is 0 Å². The van der Waals surface area contributed by atoms with Crippen LogP contribution >= 0.6 is 11.8 Å². The van der Waals surface area contributed by atoms with Gasteiger partial charge in [-0.2, -0.15) is 5.26 Å². The molecule has 18 heavy (non-hydrogen) atoms. The Morgan fingerprint density at radius 1 is 1.17 bits per heavy atom. The molecule has 1 aromatic carbocycles. The number of thioether (sulfide) groups is 1. The third kappa shape index (κ3) is 3.08. The van der Waals surface area contributed by atoms with Crippen molar-refractivity contribution in [2.45, 2.75) is 24.0 Å². The van der Waals surface area contributed by atoms with Crippen molar-refractivity contribution in [3.63, 3.8) is 0 Å². The second-order valence-corrected chi connectivity index (χ2v) is 5.72. The first-order valence-electron chi connectivity index (χ1n) is 5.69. The van der Waals surface area contributed by atoms with Gasteiger partial charge in [0.15, 0.2) is 0 Å². The Kier molecular flexibility index (Phi) is 3.96. The molecule has 2 rings (SSSR count). The molecule has 0 bridgehead atoms. The minimum absolute atomic E-state index is 0.202. The molecule has 3 nitrogen and oxygen atoms in total. The molecule has 0 aliphatic heterocycles. The van der Waals surface area contributed by atoms with Gasteiger partial charge in [-0.25, -0.2) is 9.97 Å². The van der Waals surface area contributed by atoms with Crippen LogP contribution in [-0.4, -0.2) is 15.2 Å². The number of nitriles is 1. The fourth-order valence-corrected chi connectivity index (χ4v) is 2.39. The fourth-order valence-electron chi connectivity index (χ4n) is 1.55. The highest BCUT2D eigenvalue weighted by atomic mass is 32.2. The molecule has 0 aliphatic carbocycles. The number of benzene rings is 1. The zero-order chi connectivity index (χ0) is 13.0. The number of nitrogens with zero attached hydrogens (tertiary/aromatic N) is 3. The highest BCUT2D eigenvalue weighted by Crippen LogP contribution is 2.25. The third-order valence-electron chi connectivity index (χ3n) is 2.28. The van der Waals surface area contributed by atoms with Gasteiger partial charge in [-0.3, -0.25) is 0 Å². The normalized spacial score (nSPS) is 10.3. The smallest absolute Gasteiger partial charge is 0.227 e. The average molecular weight is 255 g/mol. The highest BCUT2D eigenvalue weighted by molar-refractivity contribution is 7.99. The van der Waals surface area contributed by atoms with Crippen molar-refractivity contribution >= 4 is 11.8 Å². The van der Waals surface area contributed by atoms with Gasteiger partial charge in [0.2, 0.25) is 5.82 Å². The van der Waals surface area contributed by atoms with Crippen molar-refractivity contribution in [2.24, 2.45) is 0 Å². The number of hydrogen-bond donors (Lipinski definition) is 0. The van der Waals surface area contributed by atoms with Crippen LogP contribution in [0, 0.1) is 11.3 Å². The minimum atomic E-state index is 0.202. The molecule has 2 aromatic rings. The lowest BCUT2D eigenvalue weighted by molar-refractivity contribution is 1.11. The molecule has 1 heterocycles. The summed E-state index contributed by atoms with van der Waals surface area (Å²) in [6, 6.07) is 12.0. The molecule has 0 atom stereocenters. The van der Waals surface area contributed by atoms with Gasteiger partial charge in [0.25, 0.3) is 0 Å². The van der Waals surface area contributed by atoms with E-state index in [1.165, 1.54) is 4.90 Å². The van der Waals surface area contributed by atoms with Crippen LogP contribution in [0.25, 0.3) is 11.3 Å². The van der Waals surface area contributed by atoms with Crippen LogP contribution in [0.3, 0.4) is 0 Å².